The van der Waals surface area contributed by atoms with Gasteiger partial charge in [-0.25, -0.2) is 9.97 Å². The maximum atomic E-state index is 12.9. The molecule has 0 spiro atoms. The molecule has 1 fully saturated rings. The highest BCUT2D eigenvalue weighted by Gasteiger charge is 2.26. The molecule has 0 aliphatic carbocycles. The summed E-state index contributed by atoms with van der Waals surface area (Å²) in [4.78, 5) is 23.5. The maximum Gasteiger partial charge on any atom is 0.254 e. The predicted molar refractivity (Wildman–Crippen MR) is 110 cm³/mol. The van der Waals surface area contributed by atoms with Crippen LogP contribution in [-0.4, -0.2) is 51.6 Å². The normalized spacial score (nSPS) is 16.5. The van der Waals surface area contributed by atoms with Crippen molar-refractivity contribution < 1.29 is 9.90 Å². The van der Waals surface area contributed by atoms with Crippen molar-refractivity contribution in [2.24, 2.45) is 0 Å². The van der Waals surface area contributed by atoms with E-state index in [4.69, 9.17) is 5.11 Å². The van der Waals surface area contributed by atoms with Gasteiger partial charge in [0.1, 0.15) is 12.1 Å². The Morgan fingerprint density at radius 2 is 2.07 bits per heavy atom. The van der Waals surface area contributed by atoms with Crippen LogP contribution < -0.4 is 5.32 Å². The molecule has 1 aromatic heterocycles. The molecule has 6 nitrogen and oxygen atoms in total. The summed E-state index contributed by atoms with van der Waals surface area (Å²) in [6.45, 7) is 3.40. The molecule has 0 unspecified atom stereocenters. The minimum Gasteiger partial charge on any atom is -0.395 e. The zero-order valence-electron chi connectivity index (χ0n) is 15.9. The second-order valence-electron chi connectivity index (χ2n) is 7.18. The van der Waals surface area contributed by atoms with Crippen LogP contribution in [0.1, 0.15) is 30.1 Å². The van der Waals surface area contributed by atoms with E-state index in [-0.39, 0.29) is 12.5 Å². The van der Waals surface area contributed by atoms with Crippen LogP contribution in [0.3, 0.4) is 0 Å². The van der Waals surface area contributed by atoms with Crippen LogP contribution in [0.25, 0.3) is 22.0 Å². The maximum absolute atomic E-state index is 12.9. The predicted octanol–water partition coefficient (Wildman–Crippen LogP) is 3.33. The van der Waals surface area contributed by atoms with Crippen molar-refractivity contribution in [2.75, 3.05) is 25.0 Å². The zero-order valence-corrected chi connectivity index (χ0v) is 15.9. The molecule has 28 heavy (non-hydrogen) atoms. The number of aliphatic hydroxyl groups is 1. The largest absolute Gasteiger partial charge is 0.395 e. The minimum absolute atomic E-state index is 0.0320. The number of nitrogens with one attached hydrogen (secondary N) is 1. The first-order valence-corrected chi connectivity index (χ1v) is 9.68. The van der Waals surface area contributed by atoms with Crippen LogP contribution in [0, 0.1) is 0 Å². The molecular weight excluding hydrogens is 352 g/mol. The summed E-state index contributed by atoms with van der Waals surface area (Å²) in [5.41, 5.74) is 3.53. The number of amides is 1. The summed E-state index contributed by atoms with van der Waals surface area (Å²) < 4.78 is 0. The van der Waals surface area contributed by atoms with Gasteiger partial charge in [0.05, 0.1) is 12.1 Å². The summed E-state index contributed by atoms with van der Waals surface area (Å²) in [7, 11) is 0. The fourth-order valence-electron chi connectivity index (χ4n) is 3.78. The molecule has 1 atom stereocenters. The lowest BCUT2D eigenvalue weighted by molar-refractivity contribution is 0.0747. The van der Waals surface area contributed by atoms with E-state index in [9.17, 15) is 4.79 Å². The second kappa shape index (κ2) is 7.94. The molecule has 0 bridgehead atoms. The Morgan fingerprint density at radius 1 is 1.21 bits per heavy atom. The first-order valence-electron chi connectivity index (χ1n) is 9.68. The number of hydrogen-bond acceptors (Lipinski definition) is 5. The number of benzene rings is 2. The van der Waals surface area contributed by atoms with Crippen molar-refractivity contribution in [1.82, 2.24) is 14.9 Å². The van der Waals surface area contributed by atoms with Gasteiger partial charge in [-0.1, -0.05) is 18.2 Å². The Morgan fingerprint density at radius 3 is 2.86 bits per heavy atom. The Kier molecular flexibility index (Phi) is 5.21. The molecule has 1 amide bonds. The van der Waals surface area contributed by atoms with Crippen LogP contribution in [0.4, 0.5) is 5.82 Å². The molecule has 1 aliphatic rings. The van der Waals surface area contributed by atoms with Gasteiger partial charge in [-0.05, 0) is 55.2 Å². The molecular formula is C22H24N4O2. The van der Waals surface area contributed by atoms with E-state index in [2.05, 4.69) is 22.2 Å². The molecule has 4 rings (SSSR count). The van der Waals surface area contributed by atoms with E-state index in [0.29, 0.717) is 24.0 Å². The van der Waals surface area contributed by atoms with E-state index in [1.807, 2.05) is 47.4 Å². The van der Waals surface area contributed by atoms with Gasteiger partial charge in [-0.3, -0.25) is 4.79 Å². The first kappa shape index (κ1) is 18.4. The molecule has 1 saturated heterocycles. The standard InChI is InChI=1S/C22H24N4O2/c1-15-4-3-10-26(15)22(28)18-6-2-5-16(12-18)17-7-8-20-19(13-17)21(23-9-11-27)25-14-24-20/h2,5-8,12-15,27H,3-4,9-11H2,1H3,(H,23,24,25)/t15-/m1/s1. The zero-order chi connectivity index (χ0) is 19.5. The van der Waals surface area contributed by atoms with Crippen molar-refractivity contribution in [3.63, 3.8) is 0 Å². The first-order chi connectivity index (χ1) is 13.7. The van der Waals surface area contributed by atoms with Gasteiger partial charge in [-0.15, -0.1) is 0 Å². The molecule has 2 heterocycles. The van der Waals surface area contributed by atoms with Crippen molar-refractivity contribution in [1.29, 1.82) is 0 Å². The molecule has 3 aromatic rings. The molecule has 2 aromatic carbocycles. The third-order valence-electron chi connectivity index (χ3n) is 5.30. The number of likely N-dealkylation sites (tertiary alicyclic amines) is 1. The second-order valence-corrected chi connectivity index (χ2v) is 7.18. The summed E-state index contributed by atoms with van der Waals surface area (Å²) in [6.07, 6.45) is 3.65. The SMILES string of the molecule is C[C@@H]1CCCN1C(=O)c1cccc(-c2ccc3ncnc(NCCO)c3c2)c1. The van der Waals surface area contributed by atoms with Crippen LogP contribution in [0.2, 0.25) is 0 Å². The van der Waals surface area contributed by atoms with Gasteiger partial charge in [0.25, 0.3) is 5.91 Å². The number of rotatable bonds is 5. The highest BCUT2D eigenvalue weighted by atomic mass is 16.3. The third-order valence-corrected chi connectivity index (χ3v) is 5.30. The van der Waals surface area contributed by atoms with Gasteiger partial charge in [-0.2, -0.15) is 0 Å². The smallest absolute Gasteiger partial charge is 0.254 e. The number of anilines is 1. The lowest BCUT2D eigenvalue weighted by Crippen LogP contribution is -2.33. The number of carbonyl (C=O) groups excluding carboxylic acids is 1. The average Bonchev–Trinajstić information content (AvgIpc) is 3.17. The fourth-order valence-corrected chi connectivity index (χ4v) is 3.78. The summed E-state index contributed by atoms with van der Waals surface area (Å²) in [6, 6.07) is 14.1. The molecule has 6 heteroatoms. The summed E-state index contributed by atoms with van der Waals surface area (Å²) in [5, 5.41) is 13.1. The van der Waals surface area contributed by atoms with Gasteiger partial charge < -0.3 is 15.3 Å². The minimum atomic E-state index is 0.0320. The number of hydrogen-bond donors (Lipinski definition) is 2. The van der Waals surface area contributed by atoms with Gasteiger partial charge in [0, 0.05) is 30.1 Å². The number of aromatic nitrogens is 2. The van der Waals surface area contributed by atoms with Crippen molar-refractivity contribution in [3.05, 3.63) is 54.4 Å². The Bertz CT molecular complexity index is 1000. The molecule has 1 aliphatic heterocycles. The van der Waals surface area contributed by atoms with Crippen molar-refractivity contribution >= 4 is 22.6 Å². The van der Waals surface area contributed by atoms with E-state index in [1.165, 1.54) is 6.33 Å². The molecule has 144 valence electrons. The monoisotopic (exact) mass is 376 g/mol. The molecule has 0 saturated carbocycles. The van der Waals surface area contributed by atoms with Crippen LogP contribution in [0.15, 0.2) is 48.8 Å². The summed E-state index contributed by atoms with van der Waals surface area (Å²) >= 11 is 0. The van der Waals surface area contributed by atoms with Gasteiger partial charge >= 0.3 is 0 Å². The molecule has 2 N–H and O–H groups in total. The number of fused-ring (bicyclic) bond motifs is 1. The van der Waals surface area contributed by atoms with E-state index >= 15 is 0 Å². The van der Waals surface area contributed by atoms with Crippen molar-refractivity contribution in [3.8, 4) is 11.1 Å². The topological polar surface area (TPSA) is 78.4 Å². The van der Waals surface area contributed by atoms with E-state index in [0.717, 1.165) is 41.4 Å². The average molecular weight is 376 g/mol. The number of nitrogens with zero attached hydrogens (tertiary/aromatic N) is 3. The lowest BCUT2D eigenvalue weighted by Gasteiger charge is -2.21. The Labute approximate surface area is 164 Å². The highest BCUT2D eigenvalue weighted by Crippen LogP contribution is 2.28. The van der Waals surface area contributed by atoms with E-state index in [1.54, 1.807) is 0 Å². The fraction of sp³-hybridized carbons (Fsp3) is 0.318. The lowest BCUT2D eigenvalue weighted by atomic mass is 10.0. The van der Waals surface area contributed by atoms with Crippen LogP contribution in [-0.2, 0) is 0 Å². The Hall–Kier alpha value is -2.99. The van der Waals surface area contributed by atoms with Crippen LogP contribution >= 0.6 is 0 Å². The Balaban J connectivity index is 1.69. The summed E-state index contributed by atoms with van der Waals surface area (Å²) in [5.74, 6) is 0.792. The number of aliphatic hydroxyl groups excluding tert-OH is 1. The van der Waals surface area contributed by atoms with Gasteiger partial charge in [0.15, 0.2) is 0 Å². The highest BCUT2D eigenvalue weighted by molar-refractivity contribution is 5.97. The third kappa shape index (κ3) is 3.55. The number of carbonyl (C=O) groups is 1. The van der Waals surface area contributed by atoms with Gasteiger partial charge in [0.2, 0.25) is 0 Å². The van der Waals surface area contributed by atoms with Crippen LogP contribution in [0.5, 0.6) is 0 Å². The molecule has 0 radical (unpaired) electrons. The van der Waals surface area contributed by atoms with E-state index < -0.39 is 0 Å². The van der Waals surface area contributed by atoms with Crippen molar-refractivity contribution in [2.45, 2.75) is 25.8 Å². The quantitative estimate of drug-likeness (QED) is 0.714.